The Morgan fingerprint density at radius 1 is 1.00 bits per heavy atom. The van der Waals surface area contributed by atoms with E-state index < -0.39 is 5.91 Å². The predicted octanol–water partition coefficient (Wildman–Crippen LogP) is 3.60. The van der Waals surface area contributed by atoms with Gasteiger partial charge >= 0.3 is 6.03 Å². The number of hydrogen-bond acceptors (Lipinski definition) is 6. The van der Waals surface area contributed by atoms with Gasteiger partial charge in [0.25, 0.3) is 5.91 Å². The van der Waals surface area contributed by atoms with Gasteiger partial charge in [-0.05, 0) is 43.0 Å². The van der Waals surface area contributed by atoms with E-state index in [9.17, 15) is 9.59 Å². The zero-order valence-corrected chi connectivity index (χ0v) is 18.3. The van der Waals surface area contributed by atoms with Gasteiger partial charge in [0.15, 0.2) is 0 Å². The molecule has 1 saturated heterocycles. The normalized spacial score (nSPS) is 12.9. The van der Waals surface area contributed by atoms with Crippen molar-refractivity contribution in [3.63, 3.8) is 0 Å². The van der Waals surface area contributed by atoms with Gasteiger partial charge in [-0.3, -0.25) is 4.79 Å². The summed E-state index contributed by atoms with van der Waals surface area (Å²) in [5, 5.41) is 9.23. The third-order valence-electron chi connectivity index (χ3n) is 5.37. The van der Waals surface area contributed by atoms with Crippen LogP contribution in [0.3, 0.4) is 0 Å². The molecule has 3 amide bonds. The van der Waals surface area contributed by atoms with Gasteiger partial charge in [-0.1, -0.05) is 36.4 Å². The highest BCUT2D eigenvalue weighted by atomic mass is 16.2. The Morgan fingerprint density at radius 3 is 2.52 bits per heavy atom. The molecule has 1 aromatic heterocycles. The highest BCUT2D eigenvalue weighted by Crippen LogP contribution is 2.21. The molecule has 1 aliphatic rings. The van der Waals surface area contributed by atoms with E-state index in [1.54, 1.807) is 4.90 Å². The summed E-state index contributed by atoms with van der Waals surface area (Å²) in [6.07, 6.45) is 4.25. The maximum absolute atomic E-state index is 12.4. The van der Waals surface area contributed by atoms with Crippen molar-refractivity contribution >= 4 is 35.1 Å². The number of nitrogens with one attached hydrogen (secondary N) is 3. The Kier molecular flexibility index (Phi) is 6.99. The topological polar surface area (TPSA) is 125 Å². The standard InChI is InChI=1S/C24H27N7O2/c25-21(32)20-16-27-23(30-22(20)26-12-11-17-7-2-1-3-8-17)28-18-9-6-10-19(15-18)29-24(33)31-13-4-5-14-31/h1-3,6-10,15-16H,4-5,11-14H2,(H2,25,32)(H,29,33)(H2,26,27,28,30). The summed E-state index contributed by atoms with van der Waals surface area (Å²) in [5.74, 6) is 0.0787. The van der Waals surface area contributed by atoms with E-state index in [1.165, 1.54) is 11.8 Å². The van der Waals surface area contributed by atoms with Crippen LogP contribution < -0.4 is 21.7 Å². The van der Waals surface area contributed by atoms with Gasteiger partial charge in [-0.25, -0.2) is 9.78 Å². The lowest BCUT2D eigenvalue weighted by Crippen LogP contribution is -2.32. The number of amides is 3. The quantitative estimate of drug-likeness (QED) is 0.420. The number of rotatable bonds is 8. The monoisotopic (exact) mass is 445 g/mol. The summed E-state index contributed by atoms with van der Waals surface area (Å²) in [6, 6.07) is 17.2. The van der Waals surface area contributed by atoms with Gasteiger partial charge in [-0.15, -0.1) is 0 Å². The fourth-order valence-electron chi connectivity index (χ4n) is 3.65. The molecule has 2 heterocycles. The summed E-state index contributed by atoms with van der Waals surface area (Å²) in [7, 11) is 0. The maximum Gasteiger partial charge on any atom is 0.321 e. The number of nitrogens with zero attached hydrogens (tertiary/aromatic N) is 3. The van der Waals surface area contributed by atoms with Crippen molar-refractivity contribution in [2.75, 3.05) is 35.6 Å². The molecule has 3 aromatic rings. The minimum Gasteiger partial charge on any atom is -0.369 e. The van der Waals surface area contributed by atoms with Crippen LogP contribution in [-0.4, -0.2) is 46.4 Å². The van der Waals surface area contributed by atoms with Crippen LogP contribution in [0.4, 0.5) is 27.9 Å². The number of aromatic nitrogens is 2. The molecule has 0 unspecified atom stereocenters. The number of anilines is 4. The van der Waals surface area contributed by atoms with E-state index in [0.717, 1.165) is 32.4 Å². The molecule has 4 rings (SSSR count). The predicted molar refractivity (Wildman–Crippen MR) is 129 cm³/mol. The van der Waals surface area contributed by atoms with Crippen molar-refractivity contribution in [2.24, 2.45) is 5.73 Å². The van der Waals surface area contributed by atoms with Crippen molar-refractivity contribution in [3.8, 4) is 0 Å². The zero-order valence-electron chi connectivity index (χ0n) is 18.3. The number of urea groups is 1. The molecule has 0 atom stereocenters. The molecule has 170 valence electrons. The lowest BCUT2D eigenvalue weighted by molar-refractivity contribution is 0.100. The van der Waals surface area contributed by atoms with E-state index in [2.05, 4.69) is 25.9 Å². The van der Waals surface area contributed by atoms with E-state index in [-0.39, 0.29) is 11.6 Å². The summed E-state index contributed by atoms with van der Waals surface area (Å²) < 4.78 is 0. The van der Waals surface area contributed by atoms with Gasteiger partial charge in [-0.2, -0.15) is 4.98 Å². The van der Waals surface area contributed by atoms with Crippen molar-refractivity contribution in [2.45, 2.75) is 19.3 Å². The number of benzene rings is 2. The number of carbonyl (C=O) groups excluding carboxylic acids is 2. The molecule has 0 saturated carbocycles. The summed E-state index contributed by atoms with van der Waals surface area (Å²) >= 11 is 0. The van der Waals surface area contributed by atoms with Crippen LogP contribution in [0.25, 0.3) is 0 Å². The van der Waals surface area contributed by atoms with E-state index in [4.69, 9.17) is 5.73 Å². The first-order valence-electron chi connectivity index (χ1n) is 11.0. The molecule has 9 nitrogen and oxygen atoms in total. The Balaban J connectivity index is 1.43. The molecule has 33 heavy (non-hydrogen) atoms. The average Bonchev–Trinajstić information content (AvgIpc) is 3.35. The van der Waals surface area contributed by atoms with Crippen LogP contribution >= 0.6 is 0 Å². The van der Waals surface area contributed by atoms with Gasteiger partial charge in [0.05, 0.1) is 5.56 Å². The summed E-state index contributed by atoms with van der Waals surface area (Å²) in [5.41, 5.74) is 8.27. The highest BCUT2D eigenvalue weighted by Gasteiger charge is 2.18. The van der Waals surface area contributed by atoms with Crippen LogP contribution in [0.15, 0.2) is 60.8 Å². The minimum absolute atomic E-state index is 0.100. The van der Waals surface area contributed by atoms with E-state index in [0.29, 0.717) is 29.7 Å². The van der Waals surface area contributed by atoms with Crippen LogP contribution in [0.1, 0.15) is 28.8 Å². The van der Waals surface area contributed by atoms with Crippen LogP contribution in [0.2, 0.25) is 0 Å². The van der Waals surface area contributed by atoms with Crippen molar-refractivity contribution < 1.29 is 9.59 Å². The smallest absolute Gasteiger partial charge is 0.321 e. The number of primary amides is 1. The number of likely N-dealkylation sites (tertiary alicyclic amines) is 1. The maximum atomic E-state index is 12.4. The first kappa shape index (κ1) is 22.1. The lowest BCUT2D eigenvalue weighted by Gasteiger charge is -2.16. The fourth-order valence-corrected chi connectivity index (χ4v) is 3.65. The average molecular weight is 446 g/mol. The SMILES string of the molecule is NC(=O)c1cnc(Nc2cccc(NC(=O)N3CCCC3)c2)nc1NCCc1ccccc1. The first-order chi connectivity index (χ1) is 16.1. The molecule has 5 N–H and O–H groups in total. The Hall–Kier alpha value is -4.14. The second-order valence-electron chi connectivity index (χ2n) is 7.81. The Bertz CT molecular complexity index is 1110. The van der Waals surface area contributed by atoms with Gasteiger partial charge < -0.3 is 26.6 Å². The molecular weight excluding hydrogens is 418 g/mol. The molecule has 0 radical (unpaired) electrons. The molecule has 0 aliphatic carbocycles. The molecule has 2 aromatic carbocycles. The van der Waals surface area contributed by atoms with Crippen molar-refractivity contribution in [1.29, 1.82) is 0 Å². The number of hydrogen-bond donors (Lipinski definition) is 4. The molecule has 1 aliphatic heterocycles. The molecular formula is C24H27N7O2. The number of nitrogens with two attached hydrogens (primary N) is 1. The second kappa shape index (κ2) is 10.4. The van der Waals surface area contributed by atoms with Gasteiger partial charge in [0.1, 0.15) is 5.82 Å². The van der Waals surface area contributed by atoms with E-state index >= 15 is 0 Å². The first-order valence-corrected chi connectivity index (χ1v) is 11.0. The lowest BCUT2D eigenvalue weighted by atomic mass is 10.1. The van der Waals surface area contributed by atoms with Crippen molar-refractivity contribution in [3.05, 3.63) is 71.9 Å². The third kappa shape index (κ3) is 5.97. The summed E-state index contributed by atoms with van der Waals surface area (Å²) in [4.78, 5) is 34.6. The second-order valence-corrected chi connectivity index (χ2v) is 7.81. The number of carbonyl (C=O) groups is 2. The van der Waals surface area contributed by atoms with Crippen molar-refractivity contribution in [1.82, 2.24) is 14.9 Å². The van der Waals surface area contributed by atoms with Crippen LogP contribution in [0.5, 0.6) is 0 Å². The van der Waals surface area contributed by atoms with E-state index in [1.807, 2.05) is 54.6 Å². The van der Waals surface area contributed by atoms with Crippen LogP contribution in [0, 0.1) is 0 Å². The van der Waals surface area contributed by atoms with Gasteiger partial charge in [0.2, 0.25) is 5.95 Å². The third-order valence-corrected chi connectivity index (χ3v) is 5.37. The van der Waals surface area contributed by atoms with Crippen LogP contribution in [-0.2, 0) is 6.42 Å². The Morgan fingerprint density at radius 2 is 1.76 bits per heavy atom. The molecule has 0 spiro atoms. The zero-order chi connectivity index (χ0) is 23.0. The minimum atomic E-state index is -0.601. The largest absolute Gasteiger partial charge is 0.369 e. The molecule has 1 fully saturated rings. The fraction of sp³-hybridized carbons (Fsp3) is 0.250. The highest BCUT2D eigenvalue weighted by molar-refractivity contribution is 5.97. The van der Waals surface area contributed by atoms with Gasteiger partial charge in [0, 0.05) is 37.2 Å². The summed E-state index contributed by atoms with van der Waals surface area (Å²) in [6.45, 7) is 2.15. The molecule has 9 heteroatoms. The Labute approximate surface area is 192 Å². The molecule has 0 bridgehead atoms.